The van der Waals surface area contributed by atoms with Crippen molar-refractivity contribution in [3.63, 3.8) is 0 Å². The number of benzene rings is 1. The van der Waals surface area contributed by atoms with Gasteiger partial charge in [0.05, 0.1) is 0 Å². The molecular weight excluding hydrogens is 352 g/mol. The van der Waals surface area contributed by atoms with Crippen molar-refractivity contribution >= 4 is 11.7 Å². The molecule has 1 N–H and O–H groups in total. The van der Waals surface area contributed by atoms with Crippen molar-refractivity contribution in [1.82, 2.24) is 14.8 Å². The topological polar surface area (TPSA) is 59.8 Å². The van der Waals surface area contributed by atoms with Crippen LogP contribution in [0, 0.1) is 11.7 Å². The first kappa shape index (κ1) is 16.7. The Morgan fingerprint density at radius 1 is 1.23 bits per heavy atom. The maximum atomic E-state index is 14.4. The lowest BCUT2D eigenvalue weighted by molar-refractivity contribution is -0.145. The lowest BCUT2D eigenvalue weighted by Crippen LogP contribution is -2.34. The van der Waals surface area contributed by atoms with Crippen molar-refractivity contribution in [3.8, 4) is 0 Å². The molecule has 0 spiro atoms. The zero-order valence-corrected chi connectivity index (χ0v) is 13.6. The molecule has 0 saturated carbocycles. The SMILES string of the molecule is C[C@H]1CC(=O)C2=C(C1)Nc1nc(C(F)(F)F)nn1[C@@H]2c1ccccc1F. The summed E-state index contributed by atoms with van der Waals surface area (Å²) in [6, 6.07) is 4.61. The van der Waals surface area contributed by atoms with Gasteiger partial charge in [0, 0.05) is 23.3 Å². The molecule has 2 atom stereocenters. The lowest BCUT2D eigenvalue weighted by atomic mass is 9.81. The number of allylic oxidation sites excluding steroid dienone is 2. The van der Waals surface area contributed by atoms with Gasteiger partial charge in [0.25, 0.3) is 5.82 Å². The molecule has 1 aromatic heterocycles. The number of carbonyl (C=O) groups is 1. The molecule has 1 aromatic carbocycles. The number of nitrogens with zero attached hydrogens (tertiary/aromatic N) is 3. The number of halogens is 4. The van der Waals surface area contributed by atoms with E-state index in [2.05, 4.69) is 15.4 Å². The van der Waals surface area contributed by atoms with Crippen LogP contribution >= 0.6 is 0 Å². The highest BCUT2D eigenvalue weighted by Gasteiger charge is 2.43. The smallest absolute Gasteiger partial charge is 0.328 e. The number of fused-ring (bicyclic) bond motifs is 1. The molecule has 136 valence electrons. The van der Waals surface area contributed by atoms with Crippen LogP contribution in [0.25, 0.3) is 0 Å². The minimum Gasteiger partial charge on any atom is -0.328 e. The number of hydrogen-bond donors (Lipinski definition) is 1. The van der Waals surface area contributed by atoms with Crippen molar-refractivity contribution in [1.29, 1.82) is 0 Å². The Morgan fingerprint density at radius 3 is 2.65 bits per heavy atom. The molecule has 0 fully saturated rings. The summed E-state index contributed by atoms with van der Waals surface area (Å²) in [7, 11) is 0. The van der Waals surface area contributed by atoms with E-state index in [1.165, 1.54) is 18.2 Å². The van der Waals surface area contributed by atoms with Crippen molar-refractivity contribution < 1.29 is 22.4 Å². The van der Waals surface area contributed by atoms with Crippen molar-refractivity contribution in [2.45, 2.75) is 32.0 Å². The molecule has 4 rings (SSSR count). The van der Waals surface area contributed by atoms with Gasteiger partial charge in [0.1, 0.15) is 11.9 Å². The van der Waals surface area contributed by atoms with Gasteiger partial charge in [-0.05, 0) is 18.4 Å². The summed E-state index contributed by atoms with van der Waals surface area (Å²) in [6.07, 6.45) is -4.02. The second kappa shape index (κ2) is 5.65. The Hall–Kier alpha value is -2.71. The average Bonchev–Trinajstić information content (AvgIpc) is 2.97. The molecule has 0 amide bonds. The molecule has 1 aliphatic carbocycles. The minimum absolute atomic E-state index is 0.0339. The third-order valence-corrected chi connectivity index (χ3v) is 4.58. The highest BCUT2D eigenvalue weighted by atomic mass is 19.4. The Morgan fingerprint density at radius 2 is 1.96 bits per heavy atom. The van der Waals surface area contributed by atoms with Crippen LogP contribution < -0.4 is 5.32 Å². The van der Waals surface area contributed by atoms with E-state index in [9.17, 15) is 22.4 Å². The summed E-state index contributed by atoms with van der Waals surface area (Å²) in [5, 5.41) is 6.33. The second-order valence-electron chi connectivity index (χ2n) is 6.58. The van der Waals surface area contributed by atoms with Crippen molar-refractivity contribution in [2.75, 3.05) is 5.32 Å². The highest BCUT2D eigenvalue weighted by molar-refractivity contribution is 5.99. The summed E-state index contributed by atoms with van der Waals surface area (Å²) in [6.45, 7) is 1.88. The molecule has 2 aliphatic rings. The predicted octanol–water partition coefficient (Wildman–Crippen LogP) is 3.70. The van der Waals surface area contributed by atoms with Crippen LogP contribution in [-0.4, -0.2) is 20.5 Å². The normalized spacial score (nSPS) is 22.7. The van der Waals surface area contributed by atoms with Crippen molar-refractivity contribution in [3.05, 3.63) is 52.7 Å². The van der Waals surface area contributed by atoms with E-state index >= 15 is 0 Å². The van der Waals surface area contributed by atoms with Gasteiger partial charge in [-0.25, -0.2) is 9.07 Å². The van der Waals surface area contributed by atoms with E-state index in [0.29, 0.717) is 12.1 Å². The van der Waals surface area contributed by atoms with E-state index in [0.717, 1.165) is 4.68 Å². The molecule has 9 heteroatoms. The van der Waals surface area contributed by atoms with Gasteiger partial charge in [-0.2, -0.15) is 18.2 Å². The van der Waals surface area contributed by atoms with Gasteiger partial charge in [-0.15, -0.1) is 5.10 Å². The highest BCUT2D eigenvalue weighted by Crippen LogP contribution is 2.42. The summed E-state index contributed by atoms with van der Waals surface area (Å²) in [4.78, 5) is 16.2. The molecule has 2 aromatic rings. The second-order valence-corrected chi connectivity index (χ2v) is 6.58. The number of carbonyl (C=O) groups excluding carboxylic acids is 1. The van der Waals surface area contributed by atoms with E-state index < -0.39 is 23.9 Å². The third kappa shape index (κ3) is 2.58. The molecule has 0 unspecified atom stereocenters. The van der Waals surface area contributed by atoms with Crippen LogP contribution in [0.5, 0.6) is 0 Å². The fraction of sp³-hybridized carbons (Fsp3) is 0.353. The van der Waals surface area contributed by atoms with Gasteiger partial charge in [0.15, 0.2) is 5.78 Å². The quantitative estimate of drug-likeness (QED) is 0.782. The predicted molar refractivity (Wildman–Crippen MR) is 83.6 cm³/mol. The van der Waals surface area contributed by atoms with Crippen LogP contribution in [0.2, 0.25) is 0 Å². The van der Waals surface area contributed by atoms with Crippen LogP contribution in [-0.2, 0) is 11.0 Å². The Balaban J connectivity index is 1.94. The number of ketones is 1. The van der Waals surface area contributed by atoms with Crippen LogP contribution in [0.3, 0.4) is 0 Å². The molecule has 26 heavy (non-hydrogen) atoms. The van der Waals surface area contributed by atoms with Gasteiger partial charge < -0.3 is 5.32 Å². The van der Waals surface area contributed by atoms with Crippen molar-refractivity contribution in [2.24, 2.45) is 5.92 Å². The number of anilines is 1. The number of aromatic nitrogens is 3. The maximum absolute atomic E-state index is 14.4. The average molecular weight is 366 g/mol. The van der Waals surface area contributed by atoms with Gasteiger partial charge in [-0.1, -0.05) is 25.1 Å². The van der Waals surface area contributed by atoms with E-state index in [1.54, 1.807) is 6.07 Å². The molecule has 0 bridgehead atoms. The van der Waals surface area contributed by atoms with Crippen LogP contribution in [0.15, 0.2) is 35.5 Å². The molecular formula is C17H14F4N4O. The zero-order valence-electron chi connectivity index (χ0n) is 13.6. The Kier molecular flexibility index (Phi) is 3.64. The molecule has 1 aliphatic heterocycles. The third-order valence-electron chi connectivity index (χ3n) is 4.58. The molecule has 5 nitrogen and oxygen atoms in total. The standard InChI is InChI=1S/C17H14F4N4O/c1-8-6-11-13(12(26)7-8)14(9-4-2-3-5-10(9)18)25-16(22-11)23-15(24-25)17(19,20)21/h2-5,8,14H,6-7H2,1H3,(H,22,23,24)/t8-,14-/m1/s1. The van der Waals surface area contributed by atoms with E-state index in [4.69, 9.17) is 0 Å². The molecule has 0 radical (unpaired) electrons. The van der Waals surface area contributed by atoms with Gasteiger partial charge in [0.2, 0.25) is 5.95 Å². The fourth-order valence-corrected chi connectivity index (χ4v) is 3.51. The monoisotopic (exact) mass is 366 g/mol. The molecule has 0 saturated heterocycles. The lowest BCUT2D eigenvalue weighted by Gasteiger charge is -2.34. The van der Waals surface area contributed by atoms with E-state index in [1.807, 2.05) is 6.92 Å². The van der Waals surface area contributed by atoms with Gasteiger partial charge in [-0.3, -0.25) is 4.79 Å². The number of hydrogen-bond acceptors (Lipinski definition) is 4. The fourth-order valence-electron chi connectivity index (χ4n) is 3.51. The first-order valence-corrected chi connectivity index (χ1v) is 8.07. The number of alkyl halides is 3. The number of Topliss-reactive ketones (excluding diaryl/α,β-unsaturated/α-hetero) is 1. The first-order valence-electron chi connectivity index (χ1n) is 8.07. The molecule has 2 heterocycles. The van der Waals surface area contributed by atoms with Crippen LogP contribution in [0.4, 0.5) is 23.5 Å². The van der Waals surface area contributed by atoms with E-state index in [-0.39, 0.29) is 35.2 Å². The van der Waals surface area contributed by atoms with Gasteiger partial charge >= 0.3 is 6.18 Å². The van der Waals surface area contributed by atoms with Crippen LogP contribution in [0.1, 0.15) is 37.2 Å². The zero-order chi connectivity index (χ0) is 18.6. The minimum atomic E-state index is -4.75. The summed E-state index contributed by atoms with van der Waals surface area (Å²) in [5.74, 6) is -2.29. The first-order chi connectivity index (χ1) is 12.3. The number of nitrogens with one attached hydrogen (secondary N) is 1. The number of rotatable bonds is 1. The summed E-state index contributed by atoms with van der Waals surface area (Å²) < 4.78 is 54.6. The largest absolute Gasteiger partial charge is 0.453 e. The summed E-state index contributed by atoms with van der Waals surface area (Å²) >= 11 is 0. The maximum Gasteiger partial charge on any atom is 0.453 e. The Bertz CT molecular complexity index is 931. The summed E-state index contributed by atoms with van der Waals surface area (Å²) in [5.41, 5.74) is 0.819. The Labute approximate surface area is 145 Å².